The molecule has 1 heterocycles. The van der Waals surface area contributed by atoms with Gasteiger partial charge in [0.1, 0.15) is 11.6 Å². The summed E-state index contributed by atoms with van der Waals surface area (Å²) >= 11 is 1.57. The largest absolute Gasteiger partial charge is 0.378 e. The zero-order valence-corrected chi connectivity index (χ0v) is 13.3. The molecule has 1 aliphatic rings. The second-order valence-electron chi connectivity index (χ2n) is 4.94. The van der Waals surface area contributed by atoms with Crippen LogP contribution in [-0.2, 0) is 4.74 Å². The van der Waals surface area contributed by atoms with Crippen LogP contribution in [0.1, 0.15) is 33.1 Å². The third kappa shape index (κ3) is 4.24. The lowest BCUT2D eigenvalue weighted by atomic mass is 9.89. The van der Waals surface area contributed by atoms with Gasteiger partial charge in [0, 0.05) is 25.3 Å². The Bertz CT molecular complexity index is 424. The van der Waals surface area contributed by atoms with Crippen LogP contribution in [0, 0.1) is 0 Å². The number of hydrogen-bond donors (Lipinski definition) is 2. The summed E-state index contributed by atoms with van der Waals surface area (Å²) in [7, 11) is 0. The predicted octanol–water partition coefficient (Wildman–Crippen LogP) is 3.00. The van der Waals surface area contributed by atoms with Gasteiger partial charge in [-0.1, -0.05) is 18.7 Å². The van der Waals surface area contributed by atoms with Crippen molar-refractivity contribution in [1.29, 1.82) is 0 Å². The fraction of sp³-hybridized carbons (Fsp3) is 0.714. The van der Waals surface area contributed by atoms with Crippen LogP contribution in [-0.4, -0.2) is 41.5 Å². The highest BCUT2D eigenvalue weighted by Crippen LogP contribution is 2.27. The molecule has 0 aromatic carbocycles. The summed E-state index contributed by atoms with van der Waals surface area (Å²) in [5.74, 6) is 1.80. The molecule has 1 saturated carbocycles. The Labute approximate surface area is 125 Å². The molecule has 1 aromatic heterocycles. The maximum absolute atomic E-state index is 5.58. The van der Waals surface area contributed by atoms with Crippen molar-refractivity contribution in [2.45, 2.75) is 50.4 Å². The van der Waals surface area contributed by atoms with Crippen LogP contribution in [0.4, 0.5) is 11.6 Å². The highest BCUT2D eigenvalue weighted by molar-refractivity contribution is 7.98. The minimum atomic E-state index is 0.414. The summed E-state index contributed by atoms with van der Waals surface area (Å²) < 4.78 is 5.58. The average Bonchev–Trinajstić information content (AvgIpc) is 2.42. The monoisotopic (exact) mass is 296 g/mol. The quantitative estimate of drug-likeness (QED) is 0.568. The van der Waals surface area contributed by atoms with Gasteiger partial charge in [-0.05, 0) is 32.4 Å². The topological polar surface area (TPSA) is 59.1 Å². The van der Waals surface area contributed by atoms with Gasteiger partial charge in [0.15, 0.2) is 5.16 Å². The van der Waals surface area contributed by atoms with Gasteiger partial charge in [0.05, 0.1) is 6.10 Å². The maximum Gasteiger partial charge on any atom is 0.191 e. The predicted molar refractivity (Wildman–Crippen MR) is 84.7 cm³/mol. The van der Waals surface area contributed by atoms with Gasteiger partial charge in [0.25, 0.3) is 0 Å². The van der Waals surface area contributed by atoms with E-state index in [2.05, 4.69) is 27.5 Å². The lowest BCUT2D eigenvalue weighted by molar-refractivity contribution is 0.00291. The van der Waals surface area contributed by atoms with E-state index in [0.717, 1.165) is 49.2 Å². The van der Waals surface area contributed by atoms with E-state index < -0.39 is 0 Å². The minimum Gasteiger partial charge on any atom is -0.378 e. The summed E-state index contributed by atoms with van der Waals surface area (Å²) in [4.78, 5) is 8.97. The van der Waals surface area contributed by atoms with E-state index in [-0.39, 0.29) is 0 Å². The molecule has 20 heavy (non-hydrogen) atoms. The molecule has 0 unspecified atom stereocenters. The Kier molecular flexibility index (Phi) is 5.91. The van der Waals surface area contributed by atoms with Gasteiger partial charge in [-0.3, -0.25) is 0 Å². The van der Waals surface area contributed by atoms with Crippen molar-refractivity contribution >= 4 is 23.4 Å². The van der Waals surface area contributed by atoms with Crippen molar-refractivity contribution in [1.82, 2.24) is 9.97 Å². The normalized spacial score (nSPS) is 21.4. The van der Waals surface area contributed by atoms with Gasteiger partial charge < -0.3 is 15.4 Å². The fourth-order valence-electron chi connectivity index (χ4n) is 2.20. The van der Waals surface area contributed by atoms with E-state index in [0.29, 0.717) is 12.1 Å². The summed E-state index contributed by atoms with van der Waals surface area (Å²) in [6.45, 7) is 5.92. The minimum absolute atomic E-state index is 0.414. The van der Waals surface area contributed by atoms with E-state index >= 15 is 0 Å². The third-order valence-electron chi connectivity index (χ3n) is 3.29. The fourth-order valence-corrected chi connectivity index (χ4v) is 2.58. The van der Waals surface area contributed by atoms with Crippen LogP contribution in [0.2, 0.25) is 0 Å². The molecule has 0 atom stereocenters. The molecule has 0 spiro atoms. The highest BCUT2D eigenvalue weighted by Gasteiger charge is 2.29. The molecule has 2 rings (SSSR count). The van der Waals surface area contributed by atoms with Crippen molar-refractivity contribution in [3.8, 4) is 0 Å². The lowest BCUT2D eigenvalue weighted by Gasteiger charge is -2.35. The van der Waals surface area contributed by atoms with E-state index in [1.54, 1.807) is 11.8 Å². The molecule has 0 radical (unpaired) electrons. The van der Waals surface area contributed by atoms with Crippen LogP contribution >= 0.6 is 11.8 Å². The zero-order chi connectivity index (χ0) is 14.4. The zero-order valence-electron chi connectivity index (χ0n) is 12.5. The number of rotatable bonds is 8. The first kappa shape index (κ1) is 15.4. The Hall–Kier alpha value is -1.01. The Balaban J connectivity index is 1.93. The Morgan fingerprint density at radius 1 is 1.30 bits per heavy atom. The van der Waals surface area contributed by atoms with E-state index in [9.17, 15) is 0 Å². The SMILES string of the molecule is CCCNc1cc(NC2CC(OCC)C2)nc(SC)n1. The molecular weight excluding hydrogens is 272 g/mol. The van der Waals surface area contributed by atoms with Gasteiger partial charge in [-0.15, -0.1) is 0 Å². The lowest BCUT2D eigenvalue weighted by Crippen LogP contribution is -2.41. The van der Waals surface area contributed by atoms with Gasteiger partial charge >= 0.3 is 0 Å². The van der Waals surface area contributed by atoms with Crippen molar-refractivity contribution < 1.29 is 4.74 Å². The van der Waals surface area contributed by atoms with Gasteiger partial charge in [0.2, 0.25) is 0 Å². The first-order valence-electron chi connectivity index (χ1n) is 7.30. The van der Waals surface area contributed by atoms with E-state index in [4.69, 9.17) is 4.74 Å². The van der Waals surface area contributed by atoms with Crippen LogP contribution in [0.5, 0.6) is 0 Å². The first-order valence-corrected chi connectivity index (χ1v) is 8.52. The number of ether oxygens (including phenoxy) is 1. The Morgan fingerprint density at radius 2 is 2.05 bits per heavy atom. The number of hydrogen-bond acceptors (Lipinski definition) is 6. The maximum atomic E-state index is 5.58. The summed E-state index contributed by atoms with van der Waals surface area (Å²) in [5.41, 5.74) is 0. The van der Waals surface area contributed by atoms with Gasteiger partial charge in [-0.25, -0.2) is 9.97 Å². The van der Waals surface area contributed by atoms with Crippen LogP contribution in [0.25, 0.3) is 0 Å². The Morgan fingerprint density at radius 3 is 2.70 bits per heavy atom. The van der Waals surface area contributed by atoms with Crippen LogP contribution < -0.4 is 10.6 Å². The number of nitrogens with zero attached hydrogens (tertiary/aromatic N) is 2. The standard InChI is InChI=1S/C14H24N4OS/c1-4-6-15-12-9-13(18-14(17-12)20-3)16-10-7-11(8-10)19-5-2/h9-11H,4-8H2,1-3H3,(H2,15,16,17,18). The molecule has 0 amide bonds. The molecule has 2 N–H and O–H groups in total. The molecule has 1 aromatic rings. The molecule has 112 valence electrons. The summed E-state index contributed by atoms with van der Waals surface area (Å²) in [5, 5.41) is 7.59. The van der Waals surface area contributed by atoms with Crippen molar-refractivity contribution in [2.24, 2.45) is 0 Å². The molecular formula is C14H24N4OS. The molecule has 6 heteroatoms. The summed E-state index contributed by atoms with van der Waals surface area (Å²) in [6.07, 6.45) is 5.61. The van der Waals surface area contributed by atoms with E-state index in [1.807, 2.05) is 19.2 Å². The third-order valence-corrected chi connectivity index (χ3v) is 3.84. The molecule has 0 saturated heterocycles. The first-order chi connectivity index (χ1) is 9.75. The number of anilines is 2. The van der Waals surface area contributed by atoms with E-state index in [1.165, 1.54) is 0 Å². The van der Waals surface area contributed by atoms with Crippen molar-refractivity contribution in [3.05, 3.63) is 6.07 Å². The molecule has 0 aliphatic heterocycles. The highest BCUT2D eigenvalue weighted by atomic mass is 32.2. The average molecular weight is 296 g/mol. The number of aromatic nitrogens is 2. The second kappa shape index (κ2) is 7.69. The molecule has 0 bridgehead atoms. The summed E-state index contributed by atoms with van der Waals surface area (Å²) in [6, 6.07) is 2.46. The van der Waals surface area contributed by atoms with Crippen molar-refractivity contribution in [3.63, 3.8) is 0 Å². The smallest absolute Gasteiger partial charge is 0.191 e. The number of nitrogens with one attached hydrogen (secondary N) is 2. The molecule has 1 fully saturated rings. The second-order valence-corrected chi connectivity index (χ2v) is 5.72. The van der Waals surface area contributed by atoms with Crippen LogP contribution in [0.15, 0.2) is 11.2 Å². The van der Waals surface area contributed by atoms with Gasteiger partial charge in [-0.2, -0.15) is 0 Å². The van der Waals surface area contributed by atoms with Crippen molar-refractivity contribution in [2.75, 3.05) is 30.0 Å². The molecule has 5 nitrogen and oxygen atoms in total. The van der Waals surface area contributed by atoms with Crippen LogP contribution in [0.3, 0.4) is 0 Å². The number of thioether (sulfide) groups is 1. The molecule has 1 aliphatic carbocycles.